The quantitative estimate of drug-likeness (QED) is 0.153. The topological polar surface area (TPSA) is 182 Å². The molecule has 1 amide bonds. The van der Waals surface area contributed by atoms with Crippen LogP contribution in [0.2, 0.25) is 0 Å². The van der Waals surface area contributed by atoms with Crippen molar-refractivity contribution in [3.8, 4) is 11.5 Å². The van der Waals surface area contributed by atoms with Crippen LogP contribution in [0, 0.1) is 5.92 Å². The Balaban J connectivity index is 1.02. The number of carbonyl (C=O) groups is 1. The van der Waals surface area contributed by atoms with E-state index in [4.69, 9.17) is 24.2 Å². The summed E-state index contributed by atoms with van der Waals surface area (Å²) in [5.41, 5.74) is 4.90. The molecule has 53 heavy (non-hydrogen) atoms. The average Bonchev–Trinajstić information content (AvgIpc) is 3.49. The first-order valence-corrected chi connectivity index (χ1v) is 17.5. The van der Waals surface area contributed by atoms with E-state index in [-0.39, 0.29) is 24.0 Å². The lowest BCUT2D eigenvalue weighted by Crippen LogP contribution is -2.43. The van der Waals surface area contributed by atoms with Gasteiger partial charge in [-0.25, -0.2) is 8.98 Å². The Labute approximate surface area is 299 Å². The minimum Gasteiger partial charge on any atom is -0.457 e. The second kappa shape index (κ2) is 14.1. The van der Waals surface area contributed by atoms with E-state index in [1.54, 1.807) is 4.68 Å². The van der Waals surface area contributed by atoms with Crippen molar-refractivity contribution >= 4 is 56.4 Å². The first kappa shape index (κ1) is 35.3. The number of rotatable bonds is 9. The number of nitrogens with one attached hydrogen (secondary N) is 1. The fourth-order valence-corrected chi connectivity index (χ4v) is 6.75. The van der Waals surface area contributed by atoms with E-state index in [9.17, 15) is 31.2 Å². The maximum atomic E-state index is 13.4. The number of amides is 1. The summed E-state index contributed by atoms with van der Waals surface area (Å²) in [6.07, 6.45) is -0.381. The number of hydrogen-bond acceptors (Lipinski definition) is 11. The van der Waals surface area contributed by atoms with E-state index in [0.29, 0.717) is 54.0 Å². The van der Waals surface area contributed by atoms with Crippen LogP contribution in [0.3, 0.4) is 0 Å². The third kappa shape index (κ3) is 7.87. The van der Waals surface area contributed by atoms with Crippen LogP contribution in [0.15, 0.2) is 99.5 Å². The highest BCUT2D eigenvalue weighted by atomic mass is 32.2. The summed E-state index contributed by atoms with van der Waals surface area (Å²) < 4.78 is 84.7. The zero-order chi connectivity index (χ0) is 37.3. The molecule has 2 aromatic heterocycles. The minimum absolute atomic E-state index is 0.204. The number of nitrogens with zero attached hydrogens (tertiary/aromatic N) is 5. The number of hydrazone groups is 1. The van der Waals surface area contributed by atoms with Crippen molar-refractivity contribution in [3.63, 3.8) is 0 Å². The second-order valence-corrected chi connectivity index (χ2v) is 13.4. The Bertz CT molecular complexity index is 2440. The predicted molar refractivity (Wildman–Crippen MR) is 186 cm³/mol. The van der Waals surface area contributed by atoms with Crippen LogP contribution in [-0.2, 0) is 25.5 Å². The number of nitrogen functional groups attached to an aromatic ring is 1. The van der Waals surface area contributed by atoms with Crippen LogP contribution in [0.1, 0.15) is 29.5 Å². The molecule has 1 unspecified atom stereocenters. The molecule has 0 bridgehead atoms. The number of halogens is 3. The molecule has 2 aliphatic rings. The van der Waals surface area contributed by atoms with Gasteiger partial charge in [-0.05, 0) is 66.4 Å². The molecule has 18 heteroatoms. The lowest BCUT2D eigenvalue weighted by atomic mass is 9.99. The van der Waals surface area contributed by atoms with Gasteiger partial charge in [-0.1, -0.05) is 23.3 Å². The van der Waals surface area contributed by atoms with Crippen LogP contribution in [-0.4, -0.2) is 65.5 Å². The number of likely N-dealkylation sites (tertiary alicyclic amines) is 1. The number of fused-ring (bicyclic) bond motifs is 2. The number of piperidine rings is 1. The monoisotopic (exact) mass is 748 g/mol. The number of anilines is 2. The highest BCUT2D eigenvalue weighted by Crippen LogP contribution is 2.35. The Morgan fingerprint density at radius 1 is 1.06 bits per heavy atom. The Kier molecular flexibility index (Phi) is 9.39. The largest absolute Gasteiger partial charge is 0.457 e. The summed E-state index contributed by atoms with van der Waals surface area (Å²) in [6, 6.07) is 19.9. The SMILES string of the molecule is Nc1ncnc2c1C(c1ccc(Oc3ccccc3)cc1)=N/[N+]2=C/C1CCCN(C(=O)COS(=O)(=O)Nc2ccc3c(C(F)(F)F)cc(=O)oc3c2)C1. The van der Waals surface area contributed by atoms with Gasteiger partial charge in [0.25, 0.3) is 0 Å². The van der Waals surface area contributed by atoms with Gasteiger partial charge in [-0.15, -0.1) is 4.68 Å². The molecule has 4 heterocycles. The fraction of sp³-hybridized carbons (Fsp3) is 0.200. The molecule has 1 fully saturated rings. The van der Waals surface area contributed by atoms with Gasteiger partial charge in [0.2, 0.25) is 12.2 Å². The Morgan fingerprint density at radius 3 is 2.57 bits per heavy atom. The molecular weight excluding hydrogens is 719 g/mol. The van der Waals surface area contributed by atoms with Crippen molar-refractivity contribution in [1.82, 2.24) is 14.9 Å². The van der Waals surface area contributed by atoms with Gasteiger partial charge in [0, 0.05) is 42.1 Å². The van der Waals surface area contributed by atoms with E-state index < -0.39 is 51.2 Å². The standard InChI is InChI=1S/C35H28F3N7O7S/c36-35(37,38)27-16-30(47)52-28-15-23(10-13-26(27)28)43-53(48,49)50-19-29(46)44-14-4-5-21(17-44)18-45-34-31(33(39)40-20-41-34)32(42-45)22-8-11-25(12-9-22)51-24-6-2-1-3-7-24/h1-3,6-13,15-16,18,20-21H,4-5,14,17,19H2,(H2-,39,40,41,42,43,47)/p+1/b45-18+. The van der Waals surface area contributed by atoms with Crippen molar-refractivity contribution in [3.05, 3.63) is 112 Å². The molecule has 3 N–H and O–H groups in total. The van der Waals surface area contributed by atoms with Gasteiger partial charge in [-0.3, -0.25) is 9.52 Å². The number of nitrogens with two attached hydrogens (primary N) is 1. The molecule has 0 radical (unpaired) electrons. The molecule has 3 aromatic carbocycles. The number of benzene rings is 3. The Hall–Kier alpha value is -6.14. The van der Waals surface area contributed by atoms with Gasteiger partial charge in [0.1, 0.15) is 47.0 Å². The molecule has 1 saturated heterocycles. The van der Waals surface area contributed by atoms with Gasteiger partial charge in [-0.2, -0.15) is 26.6 Å². The summed E-state index contributed by atoms with van der Waals surface area (Å²) in [5.74, 6) is 1.21. The maximum Gasteiger partial charge on any atom is 0.417 e. The predicted octanol–water partition coefficient (Wildman–Crippen LogP) is 5.07. The number of para-hydroxylation sites is 1. The van der Waals surface area contributed by atoms with Crippen LogP contribution in [0.5, 0.6) is 11.5 Å². The Morgan fingerprint density at radius 2 is 1.81 bits per heavy atom. The van der Waals surface area contributed by atoms with Crippen molar-refractivity contribution in [2.24, 2.45) is 11.0 Å². The highest BCUT2D eigenvalue weighted by molar-refractivity contribution is 7.88. The smallest absolute Gasteiger partial charge is 0.417 e. The molecule has 14 nitrogen and oxygen atoms in total. The van der Waals surface area contributed by atoms with Gasteiger partial charge >= 0.3 is 27.9 Å². The molecule has 1 atom stereocenters. The summed E-state index contributed by atoms with van der Waals surface area (Å²) >= 11 is 0. The summed E-state index contributed by atoms with van der Waals surface area (Å²) in [4.78, 5) is 34.8. The van der Waals surface area contributed by atoms with E-state index >= 15 is 0 Å². The molecule has 0 aliphatic carbocycles. The van der Waals surface area contributed by atoms with Crippen LogP contribution < -0.4 is 20.8 Å². The number of carbonyl (C=O) groups excluding carboxylic acids is 1. The zero-order valence-corrected chi connectivity index (χ0v) is 28.3. The normalized spacial score (nSPS) is 16.7. The lowest BCUT2D eigenvalue weighted by molar-refractivity contribution is -0.442. The van der Waals surface area contributed by atoms with E-state index in [1.807, 2.05) is 65.5 Å². The maximum absolute atomic E-state index is 13.4. The first-order chi connectivity index (χ1) is 25.3. The van der Waals surface area contributed by atoms with Gasteiger partial charge < -0.3 is 19.8 Å². The van der Waals surface area contributed by atoms with Crippen molar-refractivity contribution < 1.29 is 44.4 Å². The molecule has 0 saturated carbocycles. The molecular formula is C35H29F3N7O7S+. The number of hydrogen-bond donors (Lipinski definition) is 2. The molecule has 0 spiro atoms. The molecule has 7 rings (SSSR count). The van der Waals surface area contributed by atoms with E-state index in [0.717, 1.165) is 23.8 Å². The zero-order valence-electron chi connectivity index (χ0n) is 27.5. The third-order valence-corrected chi connectivity index (χ3v) is 9.33. The van der Waals surface area contributed by atoms with Crippen LogP contribution in [0.25, 0.3) is 11.0 Å². The van der Waals surface area contributed by atoms with Crippen molar-refractivity contribution in [2.45, 2.75) is 19.0 Å². The molecule has 2 aliphatic heterocycles. The summed E-state index contributed by atoms with van der Waals surface area (Å²) in [5, 5.41) is 4.35. The van der Waals surface area contributed by atoms with E-state index in [1.165, 1.54) is 11.2 Å². The minimum atomic E-state index is -4.84. The van der Waals surface area contributed by atoms with Crippen LogP contribution in [0.4, 0.5) is 30.5 Å². The molecule has 272 valence electrons. The van der Waals surface area contributed by atoms with Gasteiger partial charge in [0.15, 0.2) is 0 Å². The summed E-state index contributed by atoms with van der Waals surface area (Å²) in [6.45, 7) is -0.266. The van der Waals surface area contributed by atoms with Gasteiger partial charge in [0.05, 0.1) is 11.3 Å². The van der Waals surface area contributed by atoms with Crippen molar-refractivity contribution in [2.75, 3.05) is 30.2 Å². The number of aromatic nitrogens is 2. The molecule has 5 aromatic rings. The van der Waals surface area contributed by atoms with E-state index in [2.05, 4.69) is 9.97 Å². The lowest BCUT2D eigenvalue weighted by Gasteiger charge is -2.30. The first-order valence-electron chi connectivity index (χ1n) is 16.1. The van der Waals surface area contributed by atoms with Crippen molar-refractivity contribution in [1.29, 1.82) is 0 Å². The second-order valence-electron chi connectivity index (χ2n) is 12.1. The van der Waals surface area contributed by atoms with Crippen LogP contribution >= 0.6 is 0 Å². The number of alkyl halides is 3. The average molecular weight is 749 g/mol. The fourth-order valence-electron chi connectivity index (χ4n) is 6.02. The number of ether oxygens (including phenoxy) is 1. The highest BCUT2D eigenvalue weighted by Gasteiger charge is 2.36. The summed E-state index contributed by atoms with van der Waals surface area (Å²) in [7, 11) is -4.61. The third-order valence-electron chi connectivity index (χ3n) is 8.42.